The van der Waals surface area contributed by atoms with E-state index in [1.54, 1.807) is 18.3 Å². The van der Waals surface area contributed by atoms with Gasteiger partial charge in [-0.25, -0.2) is 9.78 Å². The zero-order valence-electron chi connectivity index (χ0n) is 16.0. The molecule has 0 aliphatic carbocycles. The molecule has 1 N–H and O–H groups in total. The third-order valence-electron chi connectivity index (χ3n) is 4.92. The monoisotopic (exact) mass is 369 g/mol. The fraction of sp³-hybridized carbons (Fsp3) is 0.429. The first-order valence-electron chi connectivity index (χ1n) is 9.43. The molecular weight excluding hydrogens is 342 g/mol. The van der Waals surface area contributed by atoms with Crippen LogP contribution in [0.3, 0.4) is 0 Å². The second kappa shape index (κ2) is 8.86. The van der Waals surface area contributed by atoms with Crippen molar-refractivity contribution in [3.63, 3.8) is 0 Å². The number of aromatic nitrogens is 1. The predicted molar refractivity (Wildman–Crippen MR) is 106 cm³/mol. The highest BCUT2D eigenvalue weighted by molar-refractivity contribution is 5.93. The van der Waals surface area contributed by atoms with Gasteiger partial charge in [-0.2, -0.15) is 0 Å². The number of hydrogen-bond donors (Lipinski definition) is 1. The summed E-state index contributed by atoms with van der Waals surface area (Å²) in [6.07, 6.45) is 3.63. The average Bonchev–Trinajstić information content (AvgIpc) is 3.14. The number of hydrogen-bond acceptors (Lipinski definition) is 5. The molecule has 0 bridgehead atoms. The fourth-order valence-electron chi connectivity index (χ4n) is 3.50. The van der Waals surface area contributed by atoms with Crippen molar-refractivity contribution in [1.82, 2.24) is 9.88 Å². The minimum atomic E-state index is -0.941. The van der Waals surface area contributed by atoms with Crippen molar-refractivity contribution >= 4 is 11.8 Å². The number of rotatable bonds is 8. The molecule has 1 atom stereocenters. The van der Waals surface area contributed by atoms with Gasteiger partial charge >= 0.3 is 5.97 Å². The molecule has 6 nitrogen and oxygen atoms in total. The van der Waals surface area contributed by atoms with E-state index in [-0.39, 0.29) is 11.6 Å². The molecule has 1 fully saturated rings. The number of carboxylic acid groups (broad SMARTS) is 1. The lowest BCUT2D eigenvalue weighted by Gasteiger charge is -2.27. The Kier molecular flexibility index (Phi) is 6.29. The second-order valence-electron chi connectivity index (χ2n) is 6.96. The number of nitrogens with zero attached hydrogens (tertiary/aromatic N) is 3. The van der Waals surface area contributed by atoms with Gasteiger partial charge in [0.1, 0.15) is 17.1 Å². The summed E-state index contributed by atoms with van der Waals surface area (Å²) in [5, 5.41) is 9.40. The Morgan fingerprint density at radius 3 is 3.00 bits per heavy atom. The Labute approximate surface area is 160 Å². The van der Waals surface area contributed by atoms with E-state index in [0.29, 0.717) is 5.82 Å². The van der Waals surface area contributed by atoms with Gasteiger partial charge in [0.05, 0.1) is 6.61 Å². The first-order chi connectivity index (χ1) is 13.1. The molecule has 1 aromatic heterocycles. The maximum atomic E-state index is 11.5. The lowest BCUT2D eigenvalue weighted by molar-refractivity contribution is 0.0697. The van der Waals surface area contributed by atoms with Gasteiger partial charge in [0.2, 0.25) is 0 Å². The molecule has 1 saturated heterocycles. The largest absolute Gasteiger partial charge is 0.494 e. The van der Waals surface area contributed by atoms with Crippen molar-refractivity contribution in [2.24, 2.45) is 0 Å². The van der Waals surface area contributed by atoms with E-state index in [1.807, 2.05) is 24.1 Å². The maximum absolute atomic E-state index is 11.5. The third kappa shape index (κ3) is 4.77. The minimum Gasteiger partial charge on any atom is -0.494 e. The number of benzene rings is 1. The molecule has 3 rings (SSSR count). The number of likely N-dealkylation sites (tertiary alicyclic amines) is 1. The van der Waals surface area contributed by atoms with Gasteiger partial charge < -0.3 is 14.7 Å². The zero-order chi connectivity index (χ0) is 19.2. The Balaban J connectivity index is 1.63. The third-order valence-corrected chi connectivity index (χ3v) is 4.92. The van der Waals surface area contributed by atoms with Gasteiger partial charge in [-0.1, -0.05) is 19.1 Å². The van der Waals surface area contributed by atoms with Crippen molar-refractivity contribution in [3.05, 3.63) is 53.7 Å². The van der Waals surface area contributed by atoms with Crippen LogP contribution in [-0.4, -0.2) is 53.7 Å². The molecule has 6 heteroatoms. The number of aromatic carboxylic acids is 1. The van der Waals surface area contributed by atoms with Crippen LogP contribution in [0.15, 0.2) is 42.6 Å². The van der Waals surface area contributed by atoms with Crippen LogP contribution in [0.4, 0.5) is 5.82 Å². The molecule has 27 heavy (non-hydrogen) atoms. The molecule has 144 valence electrons. The van der Waals surface area contributed by atoms with Crippen LogP contribution >= 0.6 is 0 Å². The van der Waals surface area contributed by atoms with Gasteiger partial charge in [0.25, 0.3) is 0 Å². The highest BCUT2D eigenvalue weighted by Crippen LogP contribution is 2.24. The number of ether oxygens (including phenoxy) is 1. The highest BCUT2D eigenvalue weighted by Gasteiger charge is 2.28. The topological polar surface area (TPSA) is 65.9 Å². The summed E-state index contributed by atoms with van der Waals surface area (Å²) in [6.45, 7) is 5.55. The van der Waals surface area contributed by atoms with Gasteiger partial charge in [-0.15, -0.1) is 0 Å². The van der Waals surface area contributed by atoms with Crippen LogP contribution in [0.5, 0.6) is 5.75 Å². The predicted octanol–water partition coefficient (Wildman–Crippen LogP) is 3.28. The summed E-state index contributed by atoms with van der Waals surface area (Å²) in [5.74, 6) is 0.511. The number of anilines is 1. The van der Waals surface area contributed by atoms with Crippen LogP contribution in [0.25, 0.3) is 0 Å². The Morgan fingerprint density at radius 1 is 1.37 bits per heavy atom. The number of pyridine rings is 1. The summed E-state index contributed by atoms with van der Waals surface area (Å²) in [5.41, 5.74) is 1.48. The molecule has 0 radical (unpaired) electrons. The van der Waals surface area contributed by atoms with E-state index < -0.39 is 5.97 Å². The van der Waals surface area contributed by atoms with Crippen LogP contribution in [-0.2, 0) is 6.54 Å². The van der Waals surface area contributed by atoms with Gasteiger partial charge in [0, 0.05) is 38.9 Å². The van der Waals surface area contributed by atoms with E-state index >= 15 is 0 Å². The van der Waals surface area contributed by atoms with Crippen molar-refractivity contribution in [1.29, 1.82) is 0 Å². The number of carbonyl (C=O) groups is 1. The first kappa shape index (κ1) is 19.2. The SMILES string of the molecule is CCCOc1cccc(CN2CC[C@@H](N(C)c3ncccc3C(=O)O)C2)c1. The van der Waals surface area contributed by atoms with Gasteiger partial charge in [-0.05, 0) is 42.7 Å². The summed E-state index contributed by atoms with van der Waals surface area (Å²) in [6, 6.07) is 11.8. The molecule has 2 heterocycles. The zero-order valence-corrected chi connectivity index (χ0v) is 16.0. The van der Waals surface area contributed by atoms with Gasteiger partial charge in [0.15, 0.2) is 0 Å². The smallest absolute Gasteiger partial charge is 0.339 e. The van der Waals surface area contributed by atoms with Crippen molar-refractivity contribution in [2.75, 3.05) is 31.6 Å². The summed E-state index contributed by atoms with van der Waals surface area (Å²) < 4.78 is 5.72. The lowest BCUT2D eigenvalue weighted by atomic mass is 10.2. The Bertz CT molecular complexity index is 781. The van der Waals surface area contributed by atoms with Crippen molar-refractivity contribution < 1.29 is 14.6 Å². The van der Waals surface area contributed by atoms with E-state index in [9.17, 15) is 9.90 Å². The highest BCUT2D eigenvalue weighted by atomic mass is 16.5. The first-order valence-corrected chi connectivity index (χ1v) is 9.43. The molecule has 0 unspecified atom stereocenters. The lowest BCUT2D eigenvalue weighted by Crippen LogP contribution is -2.36. The number of carboxylic acids is 1. The molecule has 1 aliphatic heterocycles. The van der Waals surface area contributed by atoms with E-state index in [0.717, 1.165) is 44.8 Å². The van der Waals surface area contributed by atoms with Crippen LogP contribution < -0.4 is 9.64 Å². The molecule has 2 aromatic rings. The quantitative estimate of drug-likeness (QED) is 0.770. The summed E-state index contributed by atoms with van der Waals surface area (Å²) >= 11 is 0. The van der Waals surface area contributed by atoms with Crippen LogP contribution in [0.2, 0.25) is 0 Å². The Morgan fingerprint density at radius 2 is 2.22 bits per heavy atom. The molecule has 0 saturated carbocycles. The van der Waals surface area contributed by atoms with Crippen molar-refractivity contribution in [2.45, 2.75) is 32.4 Å². The normalized spacial score (nSPS) is 17.0. The molecule has 0 spiro atoms. The van der Waals surface area contributed by atoms with E-state index in [4.69, 9.17) is 4.74 Å². The fourth-order valence-corrected chi connectivity index (χ4v) is 3.50. The summed E-state index contributed by atoms with van der Waals surface area (Å²) in [7, 11) is 1.93. The maximum Gasteiger partial charge on any atom is 0.339 e. The van der Waals surface area contributed by atoms with Crippen molar-refractivity contribution in [3.8, 4) is 5.75 Å². The van der Waals surface area contributed by atoms with Gasteiger partial charge in [-0.3, -0.25) is 4.90 Å². The summed E-state index contributed by atoms with van der Waals surface area (Å²) in [4.78, 5) is 20.2. The minimum absolute atomic E-state index is 0.248. The van der Waals surface area contributed by atoms with E-state index in [2.05, 4.69) is 28.9 Å². The average molecular weight is 369 g/mol. The number of likely N-dealkylation sites (N-methyl/N-ethyl adjacent to an activating group) is 1. The van der Waals surface area contributed by atoms with Crippen LogP contribution in [0, 0.1) is 0 Å². The Hall–Kier alpha value is -2.60. The molecule has 1 aliphatic rings. The molecule has 1 aromatic carbocycles. The van der Waals surface area contributed by atoms with E-state index in [1.165, 1.54) is 5.56 Å². The second-order valence-corrected chi connectivity index (χ2v) is 6.96. The molecular formula is C21H27N3O3. The standard InChI is InChI=1S/C21H27N3O3/c1-3-12-27-18-7-4-6-16(13-18)14-24-11-9-17(15-24)23(2)20-19(21(25)26)8-5-10-22-20/h4-8,10,13,17H,3,9,11-12,14-15H2,1-2H3,(H,25,26)/t17-/m1/s1. The molecule has 0 amide bonds. The van der Waals surface area contributed by atoms with Crippen LogP contribution in [0.1, 0.15) is 35.7 Å².